The van der Waals surface area contributed by atoms with E-state index in [9.17, 15) is 5.11 Å². The molecule has 18 heavy (non-hydrogen) atoms. The van der Waals surface area contributed by atoms with E-state index in [1.165, 1.54) is 0 Å². The van der Waals surface area contributed by atoms with Gasteiger partial charge in [0.05, 0.1) is 16.4 Å². The topological polar surface area (TPSA) is 29.5 Å². The molecule has 2 nitrogen and oxygen atoms in total. The van der Waals surface area contributed by atoms with E-state index >= 15 is 0 Å². The predicted octanol–water partition coefficient (Wildman–Crippen LogP) is 4.14. The van der Waals surface area contributed by atoms with Crippen molar-refractivity contribution in [3.8, 4) is 0 Å². The Morgan fingerprint density at radius 3 is 1.89 bits per heavy atom. The molecule has 0 aliphatic heterocycles. The third kappa shape index (κ3) is 3.43. The third-order valence-electron chi connectivity index (χ3n) is 4.48. The van der Waals surface area contributed by atoms with E-state index in [-0.39, 0.29) is 21.9 Å². The maximum Gasteiger partial charge on any atom is 0.192 e. The molecule has 1 saturated carbocycles. The highest BCUT2D eigenvalue weighted by Crippen LogP contribution is 2.42. The van der Waals surface area contributed by atoms with E-state index in [1.54, 1.807) is 6.92 Å². The van der Waals surface area contributed by atoms with Gasteiger partial charge in [0.15, 0.2) is 8.32 Å². The lowest BCUT2D eigenvalue weighted by Crippen LogP contribution is -2.54. The molecule has 0 saturated heterocycles. The van der Waals surface area contributed by atoms with Gasteiger partial charge in [-0.25, -0.2) is 0 Å². The molecule has 0 heterocycles. The first-order chi connectivity index (χ1) is 7.88. The van der Waals surface area contributed by atoms with E-state index < -0.39 is 13.9 Å². The zero-order chi connectivity index (χ0) is 14.4. The van der Waals surface area contributed by atoms with Gasteiger partial charge in [-0.1, -0.05) is 20.8 Å². The summed E-state index contributed by atoms with van der Waals surface area (Å²) in [6.07, 6.45) is 1.41. The molecule has 5 heteroatoms. The van der Waals surface area contributed by atoms with Crippen molar-refractivity contribution in [1.82, 2.24) is 0 Å². The van der Waals surface area contributed by atoms with Crippen LogP contribution in [0.25, 0.3) is 0 Å². The normalized spacial score (nSPS) is 38.8. The van der Waals surface area contributed by atoms with Crippen LogP contribution in [0.5, 0.6) is 0 Å². The highest BCUT2D eigenvalue weighted by Gasteiger charge is 2.47. The summed E-state index contributed by atoms with van der Waals surface area (Å²) in [7, 11) is -1.80. The first kappa shape index (κ1) is 16.8. The second-order valence-electron chi connectivity index (χ2n) is 7.13. The fraction of sp³-hybridized carbons (Fsp3) is 1.00. The van der Waals surface area contributed by atoms with E-state index in [0.717, 1.165) is 0 Å². The van der Waals surface area contributed by atoms with Gasteiger partial charge < -0.3 is 9.53 Å². The molecule has 1 aliphatic carbocycles. The Bertz CT molecular complexity index is 286. The van der Waals surface area contributed by atoms with Gasteiger partial charge in [0, 0.05) is 6.10 Å². The minimum atomic E-state index is -1.80. The quantitative estimate of drug-likeness (QED) is 0.613. The minimum absolute atomic E-state index is 0.0658. The molecular formula is C13H26Cl2O2Si. The highest BCUT2D eigenvalue weighted by molar-refractivity contribution is 6.74. The average molecular weight is 313 g/mol. The average Bonchev–Trinajstić information content (AvgIpc) is 2.12. The van der Waals surface area contributed by atoms with Gasteiger partial charge in [0.2, 0.25) is 0 Å². The number of halogens is 2. The Labute approximate surface area is 122 Å². The number of hydrogen-bond donors (Lipinski definition) is 1. The molecule has 0 spiro atoms. The smallest absolute Gasteiger partial charge is 0.192 e. The van der Waals surface area contributed by atoms with Gasteiger partial charge in [-0.3, -0.25) is 0 Å². The standard InChI is InChI=1S/C13H26Cl2O2Si/c1-12(2,3)18(5,6)17-9-7-10(14)13(4,16)11(15)8-9/h9-11,16H,7-8H2,1-6H3/t9?,10-,11+,13?. The van der Waals surface area contributed by atoms with Gasteiger partial charge in [0.1, 0.15) is 0 Å². The third-order valence-corrected chi connectivity index (χ3v) is 10.3. The van der Waals surface area contributed by atoms with Crippen LogP contribution < -0.4 is 0 Å². The summed E-state index contributed by atoms with van der Waals surface area (Å²) in [6.45, 7) is 12.8. The first-order valence-corrected chi connectivity index (χ1v) is 10.3. The highest BCUT2D eigenvalue weighted by atomic mass is 35.5. The lowest BCUT2D eigenvalue weighted by molar-refractivity contribution is -0.00565. The van der Waals surface area contributed by atoms with Crippen molar-refractivity contribution in [3.63, 3.8) is 0 Å². The second-order valence-corrected chi connectivity index (χ2v) is 12.9. The Morgan fingerprint density at radius 1 is 1.17 bits per heavy atom. The summed E-state index contributed by atoms with van der Waals surface area (Å²) in [4.78, 5) is 0. The lowest BCUT2D eigenvalue weighted by Gasteiger charge is -2.45. The molecule has 0 amide bonds. The SMILES string of the molecule is CC1(O)[C@H](Cl)CC(O[Si](C)(C)C(C)(C)C)C[C@@H]1Cl. The molecule has 1 N–H and O–H groups in total. The molecule has 0 bridgehead atoms. The van der Waals surface area contributed by atoms with E-state index in [4.69, 9.17) is 27.6 Å². The summed E-state index contributed by atoms with van der Waals surface area (Å²) >= 11 is 12.5. The number of alkyl halides is 2. The van der Waals surface area contributed by atoms with Gasteiger partial charge in [-0.2, -0.15) is 0 Å². The summed E-state index contributed by atoms with van der Waals surface area (Å²) in [5.74, 6) is 0. The summed E-state index contributed by atoms with van der Waals surface area (Å²) < 4.78 is 6.34. The summed E-state index contributed by atoms with van der Waals surface area (Å²) in [5.41, 5.74) is -1.00. The van der Waals surface area contributed by atoms with Crippen molar-refractivity contribution in [1.29, 1.82) is 0 Å². The Hall–Kier alpha value is 0.717. The molecular weight excluding hydrogens is 287 g/mol. The molecule has 4 atom stereocenters. The number of aliphatic hydroxyl groups is 1. The Balaban J connectivity index is 2.72. The van der Waals surface area contributed by atoms with Crippen molar-refractivity contribution in [3.05, 3.63) is 0 Å². The lowest BCUT2D eigenvalue weighted by atomic mass is 9.84. The first-order valence-electron chi connectivity index (χ1n) is 6.56. The van der Waals surface area contributed by atoms with Crippen LogP contribution in [0, 0.1) is 0 Å². The predicted molar refractivity (Wildman–Crippen MR) is 81.2 cm³/mol. The Morgan fingerprint density at radius 2 is 1.56 bits per heavy atom. The van der Waals surface area contributed by atoms with E-state index in [1.807, 2.05) is 0 Å². The van der Waals surface area contributed by atoms with Crippen LogP contribution in [0.15, 0.2) is 0 Å². The Kier molecular flexibility index (Phi) is 4.89. The van der Waals surface area contributed by atoms with Crippen molar-refractivity contribution < 1.29 is 9.53 Å². The molecule has 108 valence electrons. The van der Waals surface area contributed by atoms with Gasteiger partial charge in [0.25, 0.3) is 0 Å². The van der Waals surface area contributed by atoms with Crippen molar-refractivity contribution >= 4 is 31.5 Å². The van der Waals surface area contributed by atoms with Gasteiger partial charge >= 0.3 is 0 Å². The van der Waals surface area contributed by atoms with Gasteiger partial charge in [-0.15, -0.1) is 23.2 Å². The van der Waals surface area contributed by atoms with Crippen molar-refractivity contribution in [2.24, 2.45) is 0 Å². The van der Waals surface area contributed by atoms with Crippen LogP contribution in [-0.4, -0.2) is 35.9 Å². The molecule has 1 aliphatic rings. The number of hydrogen-bond acceptors (Lipinski definition) is 2. The van der Waals surface area contributed by atoms with Crippen LogP contribution in [0.4, 0.5) is 0 Å². The summed E-state index contributed by atoms with van der Waals surface area (Å²) in [6, 6.07) is 0. The van der Waals surface area contributed by atoms with Crippen LogP contribution in [0.1, 0.15) is 40.5 Å². The molecule has 1 fully saturated rings. The molecule has 1 rings (SSSR count). The molecule has 0 aromatic carbocycles. The van der Waals surface area contributed by atoms with Crippen molar-refractivity contribution in [2.45, 2.75) is 81.1 Å². The van der Waals surface area contributed by atoms with Crippen molar-refractivity contribution in [2.75, 3.05) is 0 Å². The van der Waals surface area contributed by atoms with Crippen LogP contribution >= 0.6 is 23.2 Å². The second kappa shape index (κ2) is 5.25. The maximum atomic E-state index is 10.2. The molecule has 0 radical (unpaired) electrons. The monoisotopic (exact) mass is 312 g/mol. The van der Waals surface area contributed by atoms with E-state index in [2.05, 4.69) is 33.9 Å². The molecule has 0 aromatic heterocycles. The zero-order valence-electron chi connectivity index (χ0n) is 12.3. The minimum Gasteiger partial charge on any atom is -0.414 e. The van der Waals surface area contributed by atoms with Crippen LogP contribution in [-0.2, 0) is 4.43 Å². The van der Waals surface area contributed by atoms with Crippen LogP contribution in [0.2, 0.25) is 18.1 Å². The van der Waals surface area contributed by atoms with E-state index in [0.29, 0.717) is 12.8 Å². The van der Waals surface area contributed by atoms with Gasteiger partial charge in [-0.05, 0) is 37.9 Å². The zero-order valence-corrected chi connectivity index (χ0v) is 14.8. The van der Waals surface area contributed by atoms with Crippen LogP contribution in [0.3, 0.4) is 0 Å². The number of rotatable bonds is 2. The fourth-order valence-electron chi connectivity index (χ4n) is 1.92. The molecule has 0 aromatic rings. The molecule has 2 unspecified atom stereocenters. The largest absolute Gasteiger partial charge is 0.414 e. The fourth-order valence-corrected chi connectivity index (χ4v) is 4.07. The maximum absolute atomic E-state index is 10.2. The summed E-state index contributed by atoms with van der Waals surface area (Å²) in [5, 5.41) is 9.67.